The predicted octanol–water partition coefficient (Wildman–Crippen LogP) is 5.87. The molecule has 2 fully saturated rings. The number of allylic oxidation sites excluding steroid dienone is 3. The number of urea groups is 1. The highest BCUT2D eigenvalue weighted by molar-refractivity contribution is 7.22. The van der Waals surface area contributed by atoms with E-state index in [-0.39, 0.29) is 56.5 Å². The molecule has 0 bridgehead atoms. The Hall–Kier alpha value is -4.10. The number of aromatic nitrogens is 1. The van der Waals surface area contributed by atoms with E-state index in [0.29, 0.717) is 20.7 Å². The van der Waals surface area contributed by atoms with Gasteiger partial charge in [-0.3, -0.25) is 14.6 Å². The molecule has 3 N–H and O–H groups in total. The molecule has 5 rings (SSSR count). The van der Waals surface area contributed by atoms with Crippen LogP contribution in [0.3, 0.4) is 0 Å². The quantitative estimate of drug-likeness (QED) is 0.238. The van der Waals surface area contributed by atoms with E-state index in [1.54, 1.807) is 38.0 Å². The Balaban J connectivity index is 1.45. The minimum absolute atomic E-state index is 0.0650. The lowest BCUT2D eigenvalue weighted by molar-refractivity contribution is -0.158. The lowest BCUT2D eigenvalue weighted by atomic mass is 10.00. The first-order valence-corrected chi connectivity index (χ1v) is 17.6. The number of nitrogens with zero attached hydrogens (tertiary/aromatic N) is 6. The summed E-state index contributed by atoms with van der Waals surface area (Å²) in [4.78, 5) is 51.9. The van der Waals surface area contributed by atoms with Crippen molar-refractivity contribution < 1.29 is 14.4 Å². The first-order valence-electron chi connectivity index (χ1n) is 16.0. The summed E-state index contributed by atoms with van der Waals surface area (Å²) in [6, 6.07) is 9.48. The molecular weight excluding hydrogens is 683 g/mol. The van der Waals surface area contributed by atoms with Crippen molar-refractivity contribution in [3.05, 3.63) is 93.6 Å². The molecule has 14 heteroatoms. The molecule has 0 aliphatic carbocycles. The molecule has 0 spiro atoms. The van der Waals surface area contributed by atoms with Crippen LogP contribution in [-0.4, -0.2) is 93.0 Å². The van der Waals surface area contributed by atoms with Gasteiger partial charge in [0.2, 0.25) is 11.8 Å². The van der Waals surface area contributed by atoms with Crippen molar-refractivity contribution in [1.82, 2.24) is 35.0 Å². The van der Waals surface area contributed by atoms with Crippen LogP contribution in [0, 0.1) is 0 Å². The van der Waals surface area contributed by atoms with Gasteiger partial charge >= 0.3 is 6.03 Å². The fourth-order valence-electron chi connectivity index (χ4n) is 6.30. The summed E-state index contributed by atoms with van der Waals surface area (Å²) >= 11 is 13.7. The molecule has 2 aliphatic heterocycles. The monoisotopic (exact) mass is 724 g/mol. The number of halogens is 2. The van der Waals surface area contributed by atoms with Crippen molar-refractivity contribution in [1.29, 1.82) is 0 Å². The first kappa shape index (κ1) is 36.2. The molecule has 0 saturated carbocycles. The van der Waals surface area contributed by atoms with Gasteiger partial charge in [0.1, 0.15) is 12.2 Å². The number of thiazole rings is 1. The number of amides is 4. The molecule has 1 aromatic heterocycles. The maximum absolute atomic E-state index is 14.3. The molecule has 2 aromatic carbocycles. The van der Waals surface area contributed by atoms with E-state index in [4.69, 9.17) is 28.9 Å². The van der Waals surface area contributed by atoms with Gasteiger partial charge < -0.3 is 25.8 Å². The normalized spacial score (nSPS) is 18.6. The van der Waals surface area contributed by atoms with Gasteiger partial charge in [0.15, 0.2) is 5.13 Å². The molecule has 2 atom stereocenters. The van der Waals surface area contributed by atoms with E-state index in [1.165, 1.54) is 11.3 Å². The Labute approximate surface area is 301 Å². The summed E-state index contributed by atoms with van der Waals surface area (Å²) < 4.78 is 0.930. The SMILES string of the molecule is C=C(/C=C\C(=C/C)N(C)C)C[C@H]1C(=O)N(Cc2cccc3sc(N)nc23)C[C@H]2N1C(=O)CN2N(C(=O)NCc1ccc(Cl)c(Cl)c1)C(C)C. The van der Waals surface area contributed by atoms with Crippen LogP contribution in [0.1, 0.15) is 38.3 Å². The zero-order valence-electron chi connectivity index (χ0n) is 28.3. The number of nitrogens with one attached hydrogen (secondary N) is 1. The number of rotatable bonds is 11. The van der Waals surface area contributed by atoms with Gasteiger partial charge in [0, 0.05) is 45.3 Å². The third-order valence-electron chi connectivity index (χ3n) is 8.61. The molecule has 2 aliphatic rings. The highest BCUT2D eigenvalue weighted by atomic mass is 35.5. The number of carbonyl (C=O) groups excluding carboxylic acids is 3. The number of piperazine rings is 1. The fraction of sp³-hybridized carbons (Fsp3) is 0.371. The minimum Gasteiger partial charge on any atom is -0.378 e. The Morgan fingerprint density at radius 3 is 2.61 bits per heavy atom. The van der Waals surface area contributed by atoms with E-state index in [9.17, 15) is 14.4 Å². The van der Waals surface area contributed by atoms with Crippen molar-refractivity contribution in [2.24, 2.45) is 0 Å². The number of likely N-dealkylation sites (N-methyl/N-ethyl adjacent to an activating group) is 1. The summed E-state index contributed by atoms with van der Waals surface area (Å²) in [6.07, 6.45) is 5.43. The molecule has 4 amide bonds. The number of fused-ring (bicyclic) bond motifs is 2. The molecule has 11 nitrogen and oxygen atoms in total. The predicted molar refractivity (Wildman–Crippen MR) is 197 cm³/mol. The van der Waals surface area contributed by atoms with Gasteiger partial charge in [-0.05, 0) is 56.2 Å². The Morgan fingerprint density at radius 2 is 1.94 bits per heavy atom. The van der Waals surface area contributed by atoms with Crippen LogP contribution in [0.4, 0.5) is 9.93 Å². The molecule has 49 heavy (non-hydrogen) atoms. The van der Waals surface area contributed by atoms with Gasteiger partial charge in [-0.25, -0.2) is 9.78 Å². The largest absolute Gasteiger partial charge is 0.378 e. The van der Waals surface area contributed by atoms with E-state index >= 15 is 0 Å². The van der Waals surface area contributed by atoms with Crippen molar-refractivity contribution in [2.45, 2.75) is 58.5 Å². The number of carbonyl (C=O) groups is 3. The average Bonchev–Trinajstić information content (AvgIpc) is 3.58. The molecule has 3 heterocycles. The highest BCUT2D eigenvalue weighted by Gasteiger charge is 2.52. The number of hydrazine groups is 1. The minimum atomic E-state index is -0.824. The van der Waals surface area contributed by atoms with Gasteiger partial charge in [0.25, 0.3) is 0 Å². The van der Waals surface area contributed by atoms with Crippen LogP contribution in [0.2, 0.25) is 10.0 Å². The average molecular weight is 726 g/mol. The van der Waals surface area contributed by atoms with E-state index in [1.807, 2.05) is 76.2 Å². The van der Waals surface area contributed by atoms with Gasteiger partial charge in [0.05, 0.1) is 33.4 Å². The molecule has 2 saturated heterocycles. The summed E-state index contributed by atoms with van der Waals surface area (Å²) in [5.74, 6) is -0.431. The maximum Gasteiger partial charge on any atom is 0.332 e. The molecular formula is C35H42Cl2N8O3S. The summed E-state index contributed by atoms with van der Waals surface area (Å²) in [5.41, 5.74) is 10.1. The standard InChI is InChI=1S/C35H42Cl2N8O3S/c1-7-25(41(5)6)13-11-22(4)15-28-33(47)42(18-24-9-8-10-29-32(24)40-34(38)49-29)19-30-43(20-31(46)44(28)30)45(21(2)3)35(48)39-17-23-12-14-26(36)27(37)16-23/h7-14,16,21,28,30H,4,15,17-20H2,1-3,5-6H3,(H2,38,40)(H,39,48)/b13-11-,25-7+/t28-,30+/m0/s1. The Kier molecular flexibility index (Phi) is 11.2. The second-order valence-electron chi connectivity index (χ2n) is 12.6. The smallest absolute Gasteiger partial charge is 0.332 e. The van der Waals surface area contributed by atoms with Crippen LogP contribution in [0.15, 0.2) is 72.5 Å². The topological polar surface area (TPSA) is 118 Å². The van der Waals surface area contributed by atoms with Crippen molar-refractivity contribution >= 4 is 67.7 Å². The van der Waals surface area contributed by atoms with E-state index in [0.717, 1.165) is 27.0 Å². The lowest BCUT2D eigenvalue weighted by Gasteiger charge is -2.47. The van der Waals surface area contributed by atoms with Gasteiger partial charge in [-0.1, -0.05) is 77.0 Å². The van der Waals surface area contributed by atoms with Crippen molar-refractivity contribution in [3.8, 4) is 0 Å². The number of benzene rings is 2. The van der Waals surface area contributed by atoms with Crippen LogP contribution >= 0.6 is 34.5 Å². The molecule has 0 radical (unpaired) electrons. The van der Waals surface area contributed by atoms with Crippen LogP contribution < -0.4 is 11.1 Å². The zero-order chi connectivity index (χ0) is 35.6. The first-order chi connectivity index (χ1) is 23.3. The third-order valence-corrected chi connectivity index (χ3v) is 10.2. The summed E-state index contributed by atoms with van der Waals surface area (Å²) in [5, 5.41) is 7.57. The van der Waals surface area contributed by atoms with Crippen LogP contribution in [-0.2, 0) is 22.7 Å². The maximum atomic E-state index is 14.3. The fourth-order valence-corrected chi connectivity index (χ4v) is 7.40. The highest BCUT2D eigenvalue weighted by Crippen LogP contribution is 2.34. The lowest BCUT2D eigenvalue weighted by Crippen LogP contribution is -2.66. The number of para-hydroxylation sites is 1. The van der Waals surface area contributed by atoms with E-state index in [2.05, 4.69) is 16.9 Å². The number of nitrogen functional groups attached to an aromatic ring is 1. The van der Waals surface area contributed by atoms with Gasteiger partial charge in [-0.15, -0.1) is 0 Å². The summed E-state index contributed by atoms with van der Waals surface area (Å²) in [7, 11) is 3.90. The van der Waals surface area contributed by atoms with Crippen LogP contribution in [0.25, 0.3) is 10.2 Å². The molecule has 0 unspecified atom stereocenters. The third kappa shape index (κ3) is 7.88. The van der Waals surface area contributed by atoms with Crippen molar-refractivity contribution in [3.63, 3.8) is 0 Å². The second-order valence-corrected chi connectivity index (χ2v) is 14.5. The number of anilines is 1. The second kappa shape index (κ2) is 15.2. The van der Waals surface area contributed by atoms with Crippen molar-refractivity contribution in [2.75, 3.05) is 32.9 Å². The van der Waals surface area contributed by atoms with Crippen LogP contribution in [0.5, 0.6) is 0 Å². The van der Waals surface area contributed by atoms with E-state index < -0.39 is 12.2 Å². The Morgan fingerprint density at radius 1 is 1.18 bits per heavy atom. The number of hydrogen-bond acceptors (Lipinski definition) is 8. The summed E-state index contributed by atoms with van der Waals surface area (Å²) in [6.45, 7) is 10.6. The zero-order valence-corrected chi connectivity index (χ0v) is 30.6. The Bertz CT molecular complexity index is 1820. The molecule has 260 valence electrons. The number of hydrogen-bond donors (Lipinski definition) is 2. The molecule has 3 aromatic rings. The number of nitrogens with two attached hydrogens (primary N) is 1. The van der Waals surface area contributed by atoms with Gasteiger partial charge in [-0.2, -0.15) is 5.01 Å².